The third-order valence-corrected chi connectivity index (χ3v) is 1.36. The quantitative estimate of drug-likeness (QED) is 0.394. The van der Waals surface area contributed by atoms with Gasteiger partial charge in [-0.2, -0.15) is 5.26 Å². The topological polar surface area (TPSA) is 96.1 Å². The lowest BCUT2D eigenvalue weighted by Gasteiger charge is -2.00. The minimum Gasteiger partial charge on any atom is -0.443 e. The minimum absolute atomic E-state index is 0.662. The lowest BCUT2D eigenvalue weighted by Crippen LogP contribution is -1.95. The van der Waals surface area contributed by atoms with Crippen LogP contribution in [0.2, 0.25) is 0 Å². The minimum atomic E-state index is 0.662. The number of aliphatic hydroxyl groups is 1. The van der Waals surface area contributed by atoms with Crippen LogP contribution in [-0.2, 0) is 0 Å². The number of para-hydroxylation sites is 1. The molecule has 4 nitrogen and oxygen atoms in total. The van der Waals surface area contributed by atoms with Crippen molar-refractivity contribution in [2.24, 2.45) is 0 Å². The van der Waals surface area contributed by atoms with Gasteiger partial charge in [-0.1, -0.05) is 12.1 Å². The molecule has 0 aliphatic rings. The molecular weight excluding hydrogens is 154 g/mol. The van der Waals surface area contributed by atoms with Gasteiger partial charge in [-0.25, -0.2) is 0 Å². The average Bonchev–Trinajstić information content (AvgIpc) is 2.02. The van der Waals surface area contributed by atoms with E-state index in [9.17, 15) is 0 Å². The number of rotatable bonds is 0. The maximum absolute atomic E-state index is 6.88. The molecule has 0 bridgehead atoms. The van der Waals surface area contributed by atoms with Crippen molar-refractivity contribution in [3.05, 3.63) is 23.8 Å². The summed E-state index contributed by atoms with van der Waals surface area (Å²) in [7, 11) is 0. The summed E-state index contributed by atoms with van der Waals surface area (Å²) in [4.78, 5) is 0. The first-order valence-corrected chi connectivity index (χ1v) is 3.27. The van der Waals surface area contributed by atoms with Crippen molar-refractivity contribution < 1.29 is 5.11 Å². The second kappa shape index (κ2) is 4.85. The summed E-state index contributed by atoms with van der Waals surface area (Å²) in [5, 5.41) is 13.8. The van der Waals surface area contributed by atoms with Crippen LogP contribution in [-0.4, -0.2) is 5.11 Å². The Kier molecular flexibility index (Phi) is 4.09. The molecule has 0 saturated heterocycles. The van der Waals surface area contributed by atoms with Crippen molar-refractivity contribution in [3.8, 4) is 6.26 Å². The van der Waals surface area contributed by atoms with Crippen LogP contribution in [0.3, 0.4) is 0 Å². The van der Waals surface area contributed by atoms with Crippen molar-refractivity contribution in [3.63, 3.8) is 0 Å². The van der Waals surface area contributed by atoms with E-state index in [0.29, 0.717) is 11.4 Å². The van der Waals surface area contributed by atoms with Gasteiger partial charge in [0.1, 0.15) is 0 Å². The van der Waals surface area contributed by atoms with E-state index in [-0.39, 0.29) is 0 Å². The second-order valence-electron chi connectivity index (χ2n) is 2.18. The summed E-state index contributed by atoms with van der Waals surface area (Å²) >= 11 is 0. The monoisotopic (exact) mass is 165 g/mol. The van der Waals surface area contributed by atoms with Gasteiger partial charge in [-0.15, -0.1) is 0 Å². The van der Waals surface area contributed by atoms with Crippen molar-refractivity contribution in [2.75, 3.05) is 11.5 Å². The number of nitrogen functional groups attached to an aromatic ring is 2. The zero-order valence-corrected chi connectivity index (χ0v) is 6.78. The molecule has 64 valence electrons. The van der Waals surface area contributed by atoms with Crippen molar-refractivity contribution >= 4 is 11.4 Å². The van der Waals surface area contributed by atoms with Gasteiger partial charge in [0.25, 0.3) is 6.26 Å². The molecule has 1 rings (SSSR count). The molecule has 1 aromatic carbocycles. The molecule has 0 fully saturated rings. The maximum Gasteiger partial charge on any atom is 0.283 e. The van der Waals surface area contributed by atoms with Gasteiger partial charge in [0.05, 0.1) is 11.4 Å². The number of hydrogen-bond acceptors (Lipinski definition) is 4. The fourth-order valence-electron chi connectivity index (χ4n) is 0.703. The van der Waals surface area contributed by atoms with Crippen molar-refractivity contribution in [2.45, 2.75) is 6.92 Å². The number of anilines is 2. The normalized spacial score (nSPS) is 7.67. The van der Waals surface area contributed by atoms with Crippen LogP contribution in [0.5, 0.6) is 0 Å². The number of nitrogens with zero attached hydrogens (tertiary/aromatic N) is 1. The molecule has 12 heavy (non-hydrogen) atoms. The van der Waals surface area contributed by atoms with Gasteiger partial charge in [0.2, 0.25) is 0 Å². The predicted octanol–water partition coefficient (Wildman–Crippen LogP) is 0.999. The summed E-state index contributed by atoms with van der Waals surface area (Å²) in [5.74, 6) is 0. The molecule has 0 radical (unpaired) electrons. The van der Waals surface area contributed by atoms with Crippen LogP contribution >= 0.6 is 0 Å². The number of hydrogen-bond donors (Lipinski definition) is 3. The molecule has 0 saturated carbocycles. The summed E-state index contributed by atoms with van der Waals surface area (Å²) in [6, 6.07) is 5.62. The van der Waals surface area contributed by atoms with E-state index in [1.807, 2.05) is 19.1 Å². The summed E-state index contributed by atoms with van der Waals surface area (Å²) in [6.07, 6.45) is 0.750. The van der Waals surface area contributed by atoms with E-state index in [1.54, 1.807) is 6.07 Å². The molecule has 0 amide bonds. The SMILES string of the molecule is Cc1cccc(N)c1N.N#CO. The summed E-state index contributed by atoms with van der Waals surface area (Å²) in [5.41, 5.74) is 13.4. The number of nitrogens with two attached hydrogens (primary N) is 2. The zero-order chi connectivity index (χ0) is 9.56. The highest BCUT2D eigenvalue weighted by molar-refractivity contribution is 5.66. The molecular formula is C8H11N3O. The fourth-order valence-corrected chi connectivity index (χ4v) is 0.703. The highest BCUT2D eigenvalue weighted by Gasteiger charge is 1.93. The average molecular weight is 165 g/mol. The Hall–Kier alpha value is -1.89. The molecule has 0 aliphatic heterocycles. The Balaban J connectivity index is 0.000000354. The second-order valence-corrected chi connectivity index (χ2v) is 2.18. The Morgan fingerprint density at radius 3 is 2.25 bits per heavy atom. The Morgan fingerprint density at radius 2 is 1.92 bits per heavy atom. The van der Waals surface area contributed by atoms with Crippen molar-refractivity contribution in [1.29, 1.82) is 5.26 Å². The molecule has 0 aliphatic carbocycles. The highest BCUT2D eigenvalue weighted by Crippen LogP contribution is 2.17. The van der Waals surface area contributed by atoms with Gasteiger partial charge in [0.15, 0.2) is 0 Å². The van der Waals surface area contributed by atoms with Crippen molar-refractivity contribution in [1.82, 2.24) is 0 Å². The predicted molar refractivity (Wildman–Crippen MR) is 47.6 cm³/mol. The van der Waals surface area contributed by atoms with E-state index >= 15 is 0 Å². The van der Waals surface area contributed by atoms with E-state index in [2.05, 4.69) is 0 Å². The molecule has 0 heterocycles. The molecule has 5 N–H and O–H groups in total. The van der Waals surface area contributed by atoms with Crippen LogP contribution in [0.15, 0.2) is 18.2 Å². The smallest absolute Gasteiger partial charge is 0.283 e. The molecule has 1 aromatic rings. The lowest BCUT2D eigenvalue weighted by molar-refractivity contribution is 0.503. The standard InChI is InChI=1S/C7H10N2.CHNO/c1-5-3-2-4-6(8)7(5)9;2-1-3/h2-4H,8-9H2,1H3;3H. The maximum atomic E-state index is 6.88. The van der Waals surface area contributed by atoms with Crippen LogP contribution < -0.4 is 11.5 Å². The molecule has 0 unspecified atom stereocenters. The first-order valence-electron chi connectivity index (χ1n) is 3.27. The fraction of sp³-hybridized carbons (Fsp3) is 0.125. The van der Waals surface area contributed by atoms with Crippen LogP contribution in [0.4, 0.5) is 11.4 Å². The van der Waals surface area contributed by atoms with Gasteiger partial charge < -0.3 is 16.6 Å². The molecule has 0 spiro atoms. The first-order chi connectivity index (χ1) is 5.63. The largest absolute Gasteiger partial charge is 0.443 e. The lowest BCUT2D eigenvalue weighted by atomic mass is 10.2. The molecule has 0 aromatic heterocycles. The number of aliphatic hydroxyl groups excluding tert-OH is 1. The third-order valence-electron chi connectivity index (χ3n) is 1.36. The zero-order valence-electron chi connectivity index (χ0n) is 6.78. The van der Waals surface area contributed by atoms with Crippen LogP contribution in [0, 0.1) is 18.4 Å². The van der Waals surface area contributed by atoms with Gasteiger partial charge in [-0.3, -0.25) is 0 Å². The van der Waals surface area contributed by atoms with E-state index in [0.717, 1.165) is 11.8 Å². The van der Waals surface area contributed by atoms with Gasteiger partial charge >= 0.3 is 0 Å². The van der Waals surface area contributed by atoms with Crippen LogP contribution in [0.25, 0.3) is 0 Å². The number of benzene rings is 1. The van der Waals surface area contributed by atoms with Gasteiger partial charge in [0, 0.05) is 0 Å². The van der Waals surface area contributed by atoms with E-state index in [4.69, 9.17) is 21.8 Å². The Morgan fingerprint density at radius 1 is 1.42 bits per heavy atom. The third kappa shape index (κ3) is 2.80. The number of nitriles is 1. The van der Waals surface area contributed by atoms with Gasteiger partial charge in [-0.05, 0) is 18.6 Å². The molecule has 0 atom stereocenters. The summed E-state index contributed by atoms with van der Waals surface area (Å²) < 4.78 is 0. The Labute approximate surface area is 71.0 Å². The molecule has 4 heteroatoms. The highest BCUT2D eigenvalue weighted by atomic mass is 16.2. The number of aryl methyl sites for hydroxylation is 1. The summed E-state index contributed by atoms with van der Waals surface area (Å²) in [6.45, 7) is 1.94. The first kappa shape index (κ1) is 10.1. The van der Waals surface area contributed by atoms with E-state index < -0.39 is 0 Å². The van der Waals surface area contributed by atoms with E-state index in [1.165, 1.54) is 0 Å². The Bertz CT molecular complexity index is 271. The van der Waals surface area contributed by atoms with Crippen LogP contribution in [0.1, 0.15) is 5.56 Å².